The number of non-ortho nitro benzene ring substituents is 1. The van der Waals surface area contributed by atoms with Gasteiger partial charge in [-0.15, -0.1) is 0 Å². The van der Waals surface area contributed by atoms with Gasteiger partial charge in [-0.1, -0.05) is 66.7 Å². The highest BCUT2D eigenvalue weighted by Crippen LogP contribution is 2.30. The summed E-state index contributed by atoms with van der Waals surface area (Å²) in [5.74, 6) is -0.199. The molecule has 9 nitrogen and oxygen atoms in total. The van der Waals surface area contributed by atoms with E-state index in [2.05, 4.69) is 10.6 Å². The molecule has 0 aliphatic heterocycles. The summed E-state index contributed by atoms with van der Waals surface area (Å²) < 4.78 is 11.4. The minimum atomic E-state index is -0.517. The quantitative estimate of drug-likeness (QED) is 0.0821. The Labute approximate surface area is 237 Å². The monoisotopic (exact) mass is 551 g/mol. The van der Waals surface area contributed by atoms with Crippen molar-refractivity contribution in [2.75, 3.05) is 7.11 Å². The molecule has 4 rings (SSSR count). The molecule has 0 unspecified atom stereocenters. The van der Waals surface area contributed by atoms with Gasteiger partial charge in [0.15, 0.2) is 11.5 Å². The summed E-state index contributed by atoms with van der Waals surface area (Å²) in [7, 11) is 1.49. The largest absolute Gasteiger partial charge is 0.493 e. The maximum absolute atomic E-state index is 13.2. The van der Waals surface area contributed by atoms with Crippen molar-refractivity contribution in [3.63, 3.8) is 0 Å². The number of nitrogens with one attached hydrogen (secondary N) is 2. The molecule has 0 aliphatic rings. The molecule has 0 heterocycles. The van der Waals surface area contributed by atoms with E-state index in [9.17, 15) is 19.7 Å². The van der Waals surface area contributed by atoms with E-state index < -0.39 is 16.7 Å². The van der Waals surface area contributed by atoms with E-state index in [-0.39, 0.29) is 31.0 Å². The third kappa shape index (κ3) is 8.27. The highest BCUT2D eigenvalue weighted by atomic mass is 16.6. The number of rotatable bonds is 12. The third-order valence-electron chi connectivity index (χ3n) is 6.12. The van der Waals surface area contributed by atoms with Crippen molar-refractivity contribution in [2.24, 2.45) is 0 Å². The minimum absolute atomic E-state index is 0.00103. The van der Waals surface area contributed by atoms with Crippen molar-refractivity contribution in [1.29, 1.82) is 0 Å². The van der Waals surface area contributed by atoms with Gasteiger partial charge in [0.2, 0.25) is 0 Å². The molecule has 4 aromatic rings. The van der Waals surface area contributed by atoms with Crippen molar-refractivity contribution >= 4 is 23.6 Å². The van der Waals surface area contributed by atoms with Gasteiger partial charge in [0, 0.05) is 25.2 Å². The van der Waals surface area contributed by atoms with Crippen molar-refractivity contribution in [1.82, 2.24) is 10.6 Å². The van der Waals surface area contributed by atoms with Gasteiger partial charge < -0.3 is 20.1 Å². The molecule has 0 bridgehead atoms. The second kappa shape index (κ2) is 14.1. The summed E-state index contributed by atoms with van der Waals surface area (Å²) >= 11 is 0. The van der Waals surface area contributed by atoms with E-state index >= 15 is 0 Å². The zero-order chi connectivity index (χ0) is 29.0. The Hall–Kier alpha value is -5.44. The normalized spacial score (nSPS) is 10.3. The van der Waals surface area contributed by atoms with E-state index in [0.29, 0.717) is 17.1 Å². The first-order chi connectivity index (χ1) is 19.9. The Morgan fingerprint density at radius 3 is 1.83 bits per heavy atom. The van der Waals surface area contributed by atoms with Gasteiger partial charge in [-0.05, 0) is 52.6 Å². The molecule has 0 atom stereocenters. The summed E-state index contributed by atoms with van der Waals surface area (Å²) in [6.07, 6.45) is 1.50. The fraction of sp³-hybridized carbons (Fsp3) is 0.125. The van der Waals surface area contributed by atoms with Crippen LogP contribution in [0.3, 0.4) is 0 Å². The number of nitro groups is 1. The van der Waals surface area contributed by atoms with Gasteiger partial charge in [0.05, 0.1) is 12.0 Å². The number of benzene rings is 4. The average Bonchev–Trinajstić information content (AvgIpc) is 3.01. The van der Waals surface area contributed by atoms with Gasteiger partial charge in [0.25, 0.3) is 17.5 Å². The predicted molar refractivity (Wildman–Crippen MR) is 155 cm³/mol. The molecule has 0 aromatic heterocycles. The van der Waals surface area contributed by atoms with Crippen LogP contribution in [0.15, 0.2) is 109 Å². The lowest BCUT2D eigenvalue weighted by Gasteiger charge is -2.13. The third-order valence-corrected chi connectivity index (χ3v) is 6.12. The second-order valence-corrected chi connectivity index (χ2v) is 9.02. The number of hydrogen-bond donors (Lipinski definition) is 2. The van der Waals surface area contributed by atoms with Crippen LogP contribution < -0.4 is 20.1 Å². The van der Waals surface area contributed by atoms with Gasteiger partial charge in [-0.25, -0.2) is 0 Å². The Kier molecular flexibility index (Phi) is 9.82. The van der Waals surface area contributed by atoms with Crippen molar-refractivity contribution < 1.29 is 24.0 Å². The molecule has 2 amide bonds. The molecule has 0 fully saturated rings. The van der Waals surface area contributed by atoms with Crippen molar-refractivity contribution in [3.05, 3.63) is 141 Å². The van der Waals surface area contributed by atoms with E-state index in [1.807, 2.05) is 60.7 Å². The number of amides is 2. The molecule has 0 saturated heterocycles. The molecular weight excluding hydrogens is 522 g/mol. The smallest absolute Gasteiger partial charge is 0.269 e. The number of methoxy groups -OCH3 is 1. The molecule has 9 heteroatoms. The van der Waals surface area contributed by atoms with Gasteiger partial charge in [-0.3, -0.25) is 19.7 Å². The standard InChI is InChI=1S/C32H29N3O6/c1-40-30-19-26(14-17-29(30)41-22-25-12-15-27(16-13-25)35(38)39)18-28(31(36)33-20-23-8-4-2-5-9-23)32(37)34-21-24-10-6-3-7-11-24/h2-19H,20-22H2,1H3,(H,33,36)(H,34,37). The molecule has 0 spiro atoms. The van der Waals surface area contributed by atoms with Crippen LogP contribution in [0, 0.1) is 10.1 Å². The Morgan fingerprint density at radius 2 is 1.32 bits per heavy atom. The first-order valence-corrected chi connectivity index (χ1v) is 12.8. The van der Waals surface area contributed by atoms with Crippen LogP contribution in [0.2, 0.25) is 0 Å². The molecule has 2 N–H and O–H groups in total. The highest BCUT2D eigenvalue weighted by Gasteiger charge is 2.19. The Bertz CT molecular complexity index is 1460. The zero-order valence-corrected chi connectivity index (χ0v) is 22.4. The average molecular weight is 552 g/mol. The first kappa shape index (κ1) is 28.6. The zero-order valence-electron chi connectivity index (χ0n) is 22.4. The minimum Gasteiger partial charge on any atom is -0.493 e. The molecule has 4 aromatic carbocycles. The van der Waals surface area contributed by atoms with Crippen LogP contribution in [0.25, 0.3) is 6.08 Å². The topological polar surface area (TPSA) is 120 Å². The summed E-state index contributed by atoms with van der Waals surface area (Å²) in [6.45, 7) is 0.696. The van der Waals surface area contributed by atoms with E-state index in [1.165, 1.54) is 25.3 Å². The molecular formula is C32H29N3O6. The Balaban J connectivity index is 1.52. The van der Waals surface area contributed by atoms with Crippen LogP contribution >= 0.6 is 0 Å². The molecule has 0 saturated carbocycles. The lowest BCUT2D eigenvalue weighted by molar-refractivity contribution is -0.384. The van der Waals surface area contributed by atoms with Crippen LogP contribution in [0.4, 0.5) is 5.69 Å². The summed E-state index contributed by atoms with van der Waals surface area (Å²) in [5.41, 5.74) is 3.05. The van der Waals surface area contributed by atoms with Crippen molar-refractivity contribution in [3.8, 4) is 11.5 Å². The highest BCUT2D eigenvalue weighted by molar-refractivity contribution is 6.21. The first-order valence-electron chi connectivity index (χ1n) is 12.8. The van der Waals surface area contributed by atoms with Crippen LogP contribution in [0.1, 0.15) is 22.3 Å². The lowest BCUT2D eigenvalue weighted by atomic mass is 10.1. The number of ether oxygens (including phenoxy) is 2. The van der Waals surface area contributed by atoms with E-state index in [0.717, 1.165) is 16.7 Å². The molecule has 41 heavy (non-hydrogen) atoms. The van der Waals surface area contributed by atoms with Crippen LogP contribution in [-0.4, -0.2) is 23.8 Å². The van der Waals surface area contributed by atoms with Crippen molar-refractivity contribution in [2.45, 2.75) is 19.7 Å². The summed E-state index contributed by atoms with van der Waals surface area (Å²) in [4.78, 5) is 36.8. The van der Waals surface area contributed by atoms with Crippen LogP contribution in [-0.2, 0) is 29.3 Å². The van der Waals surface area contributed by atoms with E-state index in [4.69, 9.17) is 9.47 Å². The second-order valence-electron chi connectivity index (χ2n) is 9.02. The van der Waals surface area contributed by atoms with Gasteiger partial charge >= 0.3 is 0 Å². The number of carbonyl (C=O) groups is 2. The van der Waals surface area contributed by atoms with Crippen LogP contribution in [0.5, 0.6) is 11.5 Å². The summed E-state index contributed by atoms with van der Waals surface area (Å²) in [6, 6.07) is 30.0. The fourth-order valence-electron chi connectivity index (χ4n) is 3.92. The Morgan fingerprint density at radius 1 is 0.756 bits per heavy atom. The number of nitro benzene ring substituents is 1. The SMILES string of the molecule is COc1cc(C=C(C(=O)NCc2ccccc2)C(=O)NCc2ccccc2)ccc1OCc1ccc([N+](=O)[O-])cc1. The number of hydrogen-bond acceptors (Lipinski definition) is 6. The number of nitrogens with zero attached hydrogens (tertiary/aromatic N) is 1. The molecule has 0 aliphatic carbocycles. The maximum atomic E-state index is 13.2. The summed E-state index contributed by atoms with van der Waals surface area (Å²) in [5, 5.41) is 16.5. The molecule has 0 radical (unpaired) electrons. The van der Waals surface area contributed by atoms with E-state index in [1.54, 1.807) is 30.3 Å². The molecule has 208 valence electrons. The lowest BCUT2D eigenvalue weighted by Crippen LogP contribution is -2.34. The number of carbonyl (C=O) groups excluding carboxylic acids is 2. The van der Waals surface area contributed by atoms with Gasteiger partial charge in [0.1, 0.15) is 12.2 Å². The predicted octanol–water partition coefficient (Wildman–Crippen LogP) is 5.20. The van der Waals surface area contributed by atoms with Gasteiger partial charge in [-0.2, -0.15) is 0 Å². The maximum Gasteiger partial charge on any atom is 0.269 e. The fourth-order valence-corrected chi connectivity index (χ4v) is 3.92.